The molecule has 0 fully saturated rings. The number of amides is 6. The molecule has 0 saturated carbocycles. The van der Waals surface area contributed by atoms with E-state index in [1.807, 2.05) is 13.8 Å². The highest BCUT2D eigenvalue weighted by molar-refractivity contribution is 5.97. The van der Waals surface area contributed by atoms with E-state index in [0.717, 1.165) is 0 Å². The molecule has 0 radical (unpaired) electrons. The third-order valence-electron chi connectivity index (χ3n) is 8.78. The predicted octanol–water partition coefficient (Wildman–Crippen LogP) is -0.759. The number of carbonyl (C=O) groups is 7. The Morgan fingerprint density at radius 3 is 1.56 bits per heavy atom. The third kappa shape index (κ3) is 16.7. The van der Waals surface area contributed by atoms with Gasteiger partial charge in [0.2, 0.25) is 35.4 Å². The molecule has 0 aliphatic heterocycles. The fourth-order valence-corrected chi connectivity index (χ4v) is 5.07. The van der Waals surface area contributed by atoms with Crippen LogP contribution >= 0.6 is 0 Å². The highest BCUT2D eigenvalue weighted by Gasteiger charge is 2.36. The smallest absolute Gasteiger partial charge is 0.326 e. The van der Waals surface area contributed by atoms with Gasteiger partial charge < -0.3 is 53.6 Å². The summed E-state index contributed by atoms with van der Waals surface area (Å²) in [6.07, 6.45) is 0.401. The molecule has 0 saturated heterocycles. The molecule has 12 N–H and O–H groups in total. The maximum Gasteiger partial charge on any atom is 0.326 e. The Morgan fingerprint density at radius 2 is 1.10 bits per heavy atom. The third-order valence-corrected chi connectivity index (χ3v) is 8.78. The van der Waals surface area contributed by atoms with Crippen LogP contribution in [0.25, 0.3) is 0 Å². The van der Waals surface area contributed by atoms with E-state index < -0.39 is 102 Å². The predicted molar refractivity (Wildman–Crippen MR) is 196 cm³/mol. The van der Waals surface area contributed by atoms with E-state index >= 15 is 0 Å². The zero-order valence-corrected chi connectivity index (χ0v) is 32.6. The number of aliphatic hydroxyl groups excluding tert-OH is 1. The highest BCUT2D eigenvalue weighted by Crippen LogP contribution is 2.12. The monoisotopic (exact) mass is 742 g/mol. The molecule has 0 heterocycles. The lowest BCUT2D eigenvalue weighted by molar-refractivity contribution is -0.142. The summed E-state index contributed by atoms with van der Waals surface area (Å²) >= 11 is 0. The van der Waals surface area contributed by atoms with E-state index in [1.54, 1.807) is 41.5 Å². The number of hydrogen-bond acceptors (Lipinski definition) is 10. The number of rotatable bonds is 24. The van der Waals surface area contributed by atoms with Crippen LogP contribution in [0.1, 0.15) is 101 Å². The number of carbonyl (C=O) groups excluding carboxylic acids is 6. The van der Waals surface area contributed by atoms with Crippen molar-refractivity contribution in [2.45, 2.75) is 150 Å². The normalized spacial score (nSPS) is 16.7. The number of aliphatic hydroxyl groups is 1. The van der Waals surface area contributed by atoms with Crippen LogP contribution in [0.3, 0.4) is 0 Å². The summed E-state index contributed by atoms with van der Waals surface area (Å²) in [6, 6.07) is -8.12. The number of hydrogen-bond donors (Lipinski definition) is 10. The maximum absolute atomic E-state index is 13.6. The summed E-state index contributed by atoms with van der Waals surface area (Å²) in [5, 5.41) is 35.5. The van der Waals surface area contributed by atoms with Gasteiger partial charge in [-0.15, -0.1) is 0 Å². The van der Waals surface area contributed by atoms with Gasteiger partial charge in [-0.25, -0.2) is 4.79 Å². The second-order valence-electron chi connectivity index (χ2n) is 14.7. The van der Waals surface area contributed by atoms with Gasteiger partial charge in [0.25, 0.3) is 0 Å². The fraction of sp³-hybridized carbons (Fsp3) is 0.800. The quantitative estimate of drug-likeness (QED) is 0.0549. The topological polar surface area (TPSA) is 284 Å². The summed E-state index contributed by atoms with van der Waals surface area (Å²) in [7, 11) is 0. The van der Waals surface area contributed by atoms with Gasteiger partial charge in [-0.1, -0.05) is 61.8 Å². The molecule has 300 valence electrons. The molecule has 6 amide bonds. The Balaban J connectivity index is 5.99. The lowest BCUT2D eigenvalue weighted by atomic mass is 9.96. The summed E-state index contributed by atoms with van der Waals surface area (Å²) in [5.74, 6) is -6.71. The second kappa shape index (κ2) is 23.7. The molecule has 0 aromatic rings. The molecule has 17 heteroatoms. The minimum absolute atomic E-state index is 0.0747. The molecule has 17 nitrogen and oxygen atoms in total. The largest absolute Gasteiger partial charge is 0.480 e. The van der Waals surface area contributed by atoms with Crippen molar-refractivity contribution in [3.8, 4) is 0 Å². The van der Waals surface area contributed by atoms with Crippen LogP contribution in [0.5, 0.6) is 0 Å². The average Bonchev–Trinajstić information content (AvgIpc) is 3.05. The number of carboxylic acids is 1. The summed E-state index contributed by atoms with van der Waals surface area (Å²) < 4.78 is 0. The molecule has 0 aromatic heterocycles. The number of carboxylic acid groups (broad SMARTS) is 1. The van der Waals surface area contributed by atoms with Crippen LogP contribution in [0.2, 0.25) is 0 Å². The van der Waals surface area contributed by atoms with E-state index in [9.17, 15) is 43.8 Å². The number of nitrogens with one attached hydrogen (secondary N) is 6. The summed E-state index contributed by atoms with van der Waals surface area (Å²) in [4.78, 5) is 91.1. The van der Waals surface area contributed by atoms with Crippen LogP contribution in [0, 0.1) is 23.7 Å². The van der Waals surface area contributed by atoms with Crippen molar-refractivity contribution in [3.63, 3.8) is 0 Å². The molecule has 0 aliphatic rings. The van der Waals surface area contributed by atoms with Crippen LogP contribution in [-0.4, -0.2) is 107 Å². The standard InChI is InChI=1S/C35H66N8O9/c1-11-20(8)27(42-29(45)21(9)38-31(47)25(37)18(4)5)33(49)43-28(22(10)44)34(50)41-26(19(6)7)32(48)40-24(16-17(2)3)30(46)39-23(35(51)52)14-12-13-15-36/h17-28,44H,11-16,36-37H2,1-10H3,(H,38,47)(H,39,46)(H,40,48)(H,41,50)(H,42,45)(H,43,49)(H,51,52)/t20-,21-,22+,23-,24-,25-,26-,27-,28-/m0/s1. The zero-order chi connectivity index (χ0) is 40.5. The summed E-state index contributed by atoms with van der Waals surface area (Å²) in [6.45, 7) is 17.1. The minimum Gasteiger partial charge on any atom is -0.480 e. The van der Waals surface area contributed by atoms with Gasteiger partial charge in [-0.2, -0.15) is 0 Å². The van der Waals surface area contributed by atoms with E-state index in [2.05, 4.69) is 31.9 Å². The van der Waals surface area contributed by atoms with E-state index in [0.29, 0.717) is 25.8 Å². The molecular formula is C35H66N8O9. The van der Waals surface area contributed by atoms with Crippen LogP contribution in [-0.2, 0) is 33.6 Å². The molecular weight excluding hydrogens is 676 g/mol. The Bertz CT molecular complexity index is 1200. The van der Waals surface area contributed by atoms with Crippen molar-refractivity contribution in [2.75, 3.05) is 6.54 Å². The average molecular weight is 743 g/mol. The Labute approximate surface area is 308 Å². The first-order valence-electron chi connectivity index (χ1n) is 18.3. The molecule has 52 heavy (non-hydrogen) atoms. The second-order valence-corrected chi connectivity index (χ2v) is 14.7. The van der Waals surface area contributed by atoms with Crippen molar-refractivity contribution in [1.29, 1.82) is 0 Å². The van der Waals surface area contributed by atoms with Crippen molar-refractivity contribution >= 4 is 41.4 Å². The molecule has 0 spiro atoms. The van der Waals surface area contributed by atoms with Gasteiger partial charge >= 0.3 is 5.97 Å². The fourth-order valence-electron chi connectivity index (χ4n) is 5.07. The van der Waals surface area contributed by atoms with Gasteiger partial charge in [-0.3, -0.25) is 28.8 Å². The molecule has 0 aromatic carbocycles. The Hall–Kier alpha value is -3.83. The first-order valence-corrected chi connectivity index (χ1v) is 18.3. The maximum atomic E-state index is 13.6. The first kappa shape index (κ1) is 48.2. The SMILES string of the molecule is CC[C@H](C)[C@H](NC(=O)[C@H](C)NC(=O)[C@@H](N)C(C)C)C(=O)N[C@H](C(=O)N[C@H](C(=O)N[C@@H](CC(C)C)C(=O)N[C@@H](CCCCN)C(=O)O)C(C)C)[C@@H](C)O. The van der Waals surface area contributed by atoms with Crippen molar-refractivity contribution < 1.29 is 43.8 Å². The summed E-state index contributed by atoms with van der Waals surface area (Å²) in [5.41, 5.74) is 11.4. The molecule has 0 bridgehead atoms. The Kier molecular flexibility index (Phi) is 21.9. The zero-order valence-electron chi connectivity index (χ0n) is 32.6. The van der Waals surface area contributed by atoms with Crippen LogP contribution in [0.15, 0.2) is 0 Å². The molecule has 0 unspecified atom stereocenters. The van der Waals surface area contributed by atoms with Crippen molar-refractivity contribution in [1.82, 2.24) is 31.9 Å². The van der Waals surface area contributed by atoms with E-state index in [1.165, 1.54) is 13.8 Å². The van der Waals surface area contributed by atoms with Gasteiger partial charge in [0.05, 0.1) is 12.1 Å². The van der Waals surface area contributed by atoms with Crippen LogP contribution < -0.4 is 43.4 Å². The van der Waals surface area contributed by atoms with Crippen molar-refractivity contribution in [2.24, 2.45) is 35.1 Å². The van der Waals surface area contributed by atoms with Gasteiger partial charge in [-0.05, 0) is 69.7 Å². The molecule has 0 aliphatic carbocycles. The highest BCUT2D eigenvalue weighted by atomic mass is 16.4. The van der Waals surface area contributed by atoms with Crippen molar-refractivity contribution in [3.05, 3.63) is 0 Å². The van der Waals surface area contributed by atoms with Crippen LogP contribution in [0.4, 0.5) is 0 Å². The minimum atomic E-state index is -1.55. The molecule has 9 atom stereocenters. The number of aliphatic carboxylic acids is 1. The van der Waals surface area contributed by atoms with E-state index in [-0.39, 0.29) is 24.7 Å². The number of nitrogens with two attached hydrogens (primary N) is 2. The lowest BCUT2D eigenvalue weighted by Gasteiger charge is -2.30. The number of unbranched alkanes of at least 4 members (excludes halogenated alkanes) is 1. The van der Waals surface area contributed by atoms with Gasteiger partial charge in [0, 0.05) is 0 Å². The van der Waals surface area contributed by atoms with Gasteiger partial charge in [0.1, 0.15) is 36.3 Å². The molecule has 0 rings (SSSR count). The van der Waals surface area contributed by atoms with E-state index in [4.69, 9.17) is 11.5 Å². The first-order chi connectivity index (χ1) is 24.1. The Morgan fingerprint density at radius 1 is 0.596 bits per heavy atom. The lowest BCUT2D eigenvalue weighted by Crippen LogP contribution is -2.63. The van der Waals surface area contributed by atoms with Gasteiger partial charge in [0.15, 0.2) is 0 Å².